The SMILES string of the molecule is Nc1ccc(CNC(=O)[C@@H](N)Cc2ccc(Cl)cc2Cl)cn1. The molecule has 0 saturated heterocycles. The van der Waals surface area contributed by atoms with Gasteiger partial charge in [-0.05, 0) is 35.7 Å². The first-order valence-corrected chi connectivity index (χ1v) is 7.39. The average molecular weight is 339 g/mol. The molecule has 1 heterocycles. The first-order valence-electron chi connectivity index (χ1n) is 6.63. The molecular formula is C15H16Cl2N4O. The number of amides is 1. The molecule has 1 aromatic heterocycles. The lowest BCUT2D eigenvalue weighted by Crippen LogP contribution is -2.41. The van der Waals surface area contributed by atoms with Crippen LogP contribution in [0.25, 0.3) is 0 Å². The van der Waals surface area contributed by atoms with Gasteiger partial charge in [-0.25, -0.2) is 4.98 Å². The van der Waals surface area contributed by atoms with Crippen molar-refractivity contribution >= 4 is 34.9 Å². The zero-order valence-electron chi connectivity index (χ0n) is 11.7. The van der Waals surface area contributed by atoms with Crippen LogP contribution in [-0.4, -0.2) is 16.9 Å². The zero-order chi connectivity index (χ0) is 16.1. The van der Waals surface area contributed by atoms with Crippen molar-refractivity contribution in [3.05, 3.63) is 57.7 Å². The van der Waals surface area contributed by atoms with Gasteiger partial charge >= 0.3 is 0 Å². The van der Waals surface area contributed by atoms with Gasteiger partial charge < -0.3 is 16.8 Å². The predicted octanol–water partition coefficient (Wildman–Crippen LogP) is 2.16. The van der Waals surface area contributed by atoms with E-state index in [-0.39, 0.29) is 5.91 Å². The number of anilines is 1. The summed E-state index contributed by atoms with van der Waals surface area (Å²) in [4.78, 5) is 16.0. The van der Waals surface area contributed by atoms with Gasteiger partial charge in [-0.15, -0.1) is 0 Å². The number of hydrogen-bond donors (Lipinski definition) is 3. The summed E-state index contributed by atoms with van der Waals surface area (Å²) in [6.07, 6.45) is 1.94. The van der Waals surface area contributed by atoms with E-state index in [1.165, 1.54) is 0 Å². The minimum absolute atomic E-state index is 0.261. The van der Waals surface area contributed by atoms with E-state index in [0.717, 1.165) is 11.1 Å². The van der Waals surface area contributed by atoms with Crippen molar-refractivity contribution in [3.63, 3.8) is 0 Å². The van der Waals surface area contributed by atoms with Gasteiger partial charge in [-0.3, -0.25) is 4.79 Å². The standard InChI is InChI=1S/C15H16Cl2N4O/c16-11-3-2-10(12(17)6-11)5-13(18)15(22)21-8-9-1-4-14(19)20-7-9/h1-4,6-7,13H,5,8,18H2,(H2,19,20)(H,21,22)/t13-/m0/s1. The smallest absolute Gasteiger partial charge is 0.237 e. The van der Waals surface area contributed by atoms with Crippen molar-refractivity contribution in [3.8, 4) is 0 Å². The fourth-order valence-corrected chi connectivity index (χ4v) is 2.36. The summed E-state index contributed by atoms with van der Waals surface area (Å²) in [5.74, 6) is 0.173. The molecule has 7 heteroatoms. The predicted molar refractivity (Wildman–Crippen MR) is 88.6 cm³/mol. The van der Waals surface area contributed by atoms with Crippen LogP contribution in [0.15, 0.2) is 36.5 Å². The Hall–Kier alpha value is -1.82. The first kappa shape index (κ1) is 16.5. The van der Waals surface area contributed by atoms with Gasteiger partial charge in [0.25, 0.3) is 0 Å². The molecule has 5 N–H and O–H groups in total. The van der Waals surface area contributed by atoms with Crippen LogP contribution in [0, 0.1) is 0 Å². The average Bonchev–Trinajstić information content (AvgIpc) is 2.49. The van der Waals surface area contributed by atoms with E-state index in [4.69, 9.17) is 34.7 Å². The Morgan fingerprint density at radius 3 is 2.68 bits per heavy atom. The van der Waals surface area contributed by atoms with E-state index < -0.39 is 6.04 Å². The topological polar surface area (TPSA) is 94.0 Å². The monoisotopic (exact) mass is 338 g/mol. The highest BCUT2D eigenvalue weighted by Crippen LogP contribution is 2.21. The lowest BCUT2D eigenvalue weighted by atomic mass is 10.1. The second kappa shape index (κ2) is 7.45. The molecule has 0 aliphatic heterocycles. The summed E-state index contributed by atoms with van der Waals surface area (Å²) < 4.78 is 0. The van der Waals surface area contributed by atoms with Gasteiger partial charge in [0.05, 0.1) is 6.04 Å². The number of nitrogens with two attached hydrogens (primary N) is 2. The summed E-state index contributed by atoms with van der Waals surface area (Å²) in [6.45, 7) is 0.341. The molecule has 1 amide bonds. The van der Waals surface area contributed by atoms with E-state index in [1.54, 1.807) is 36.5 Å². The van der Waals surface area contributed by atoms with E-state index in [2.05, 4.69) is 10.3 Å². The van der Waals surface area contributed by atoms with Crippen molar-refractivity contribution in [1.82, 2.24) is 10.3 Å². The maximum Gasteiger partial charge on any atom is 0.237 e. The Kier molecular flexibility index (Phi) is 5.60. The van der Waals surface area contributed by atoms with E-state index in [9.17, 15) is 4.79 Å². The van der Waals surface area contributed by atoms with Gasteiger partial charge in [-0.1, -0.05) is 35.3 Å². The van der Waals surface area contributed by atoms with Gasteiger partial charge in [0.2, 0.25) is 5.91 Å². The molecule has 0 fully saturated rings. The molecule has 2 rings (SSSR count). The number of aromatic nitrogens is 1. The number of carbonyl (C=O) groups is 1. The van der Waals surface area contributed by atoms with Crippen molar-refractivity contribution in [1.29, 1.82) is 0 Å². The molecule has 0 saturated carbocycles. The molecule has 0 bridgehead atoms. The second-order valence-corrected chi connectivity index (χ2v) is 5.70. The molecule has 5 nitrogen and oxygen atoms in total. The third kappa shape index (κ3) is 4.59. The number of hydrogen-bond acceptors (Lipinski definition) is 4. The summed E-state index contributed by atoms with van der Waals surface area (Å²) in [7, 11) is 0. The quantitative estimate of drug-likeness (QED) is 0.778. The van der Waals surface area contributed by atoms with Crippen LogP contribution in [0.3, 0.4) is 0 Å². The number of nitrogen functional groups attached to an aromatic ring is 1. The normalized spacial score (nSPS) is 12.0. The minimum atomic E-state index is -0.694. The lowest BCUT2D eigenvalue weighted by molar-refractivity contribution is -0.122. The highest BCUT2D eigenvalue weighted by atomic mass is 35.5. The van der Waals surface area contributed by atoms with Crippen LogP contribution in [0.4, 0.5) is 5.82 Å². The van der Waals surface area contributed by atoms with Crippen LogP contribution in [-0.2, 0) is 17.8 Å². The Bertz CT molecular complexity index is 661. The molecule has 1 aromatic carbocycles. The Morgan fingerprint density at radius 1 is 1.27 bits per heavy atom. The van der Waals surface area contributed by atoms with Gasteiger partial charge in [0, 0.05) is 22.8 Å². The van der Waals surface area contributed by atoms with Crippen LogP contribution in [0.2, 0.25) is 10.0 Å². The number of nitrogens with zero attached hydrogens (tertiary/aromatic N) is 1. The van der Waals surface area contributed by atoms with Crippen LogP contribution >= 0.6 is 23.2 Å². The van der Waals surface area contributed by atoms with E-state index in [1.807, 2.05) is 0 Å². The molecule has 0 radical (unpaired) electrons. The number of halogens is 2. The Balaban J connectivity index is 1.90. The molecule has 0 unspecified atom stereocenters. The minimum Gasteiger partial charge on any atom is -0.384 e. The van der Waals surface area contributed by atoms with Crippen molar-refractivity contribution in [2.45, 2.75) is 19.0 Å². The van der Waals surface area contributed by atoms with E-state index >= 15 is 0 Å². The van der Waals surface area contributed by atoms with Crippen LogP contribution in [0.5, 0.6) is 0 Å². The number of rotatable bonds is 5. The molecule has 0 aliphatic rings. The maximum absolute atomic E-state index is 12.0. The summed E-state index contributed by atoms with van der Waals surface area (Å²) >= 11 is 11.9. The van der Waals surface area contributed by atoms with Crippen LogP contribution < -0.4 is 16.8 Å². The molecule has 2 aromatic rings. The van der Waals surface area contributed by atoms with Gasteiger partial charge in [0.15, 0.2) is 0 Å². The number of nitrogens with one attached hydrogen (secondary N) is 1. The maximum atomic E-state index is 12.0. The molecular weight excluding hydrogens is 323 g/mol. The largest absolute Gasteiger partial charge is 0.384 e. The van der Waals surface area contributed by atoms with Crippen molar-refractivity contribution in [2.75, 3.05) is 5.73 Å². The van der Waals surface area contributed by atoms with Gasteiger partial charge in [-0.2, -0.15) is 0 Å². The summed E-state index contributed by atoms with van der Waals surface area (Å²) in [6, 6.07) is 7.89. The van der Waals surface area contributed by atoms with Gasteiger partial charge in [0.1, 0.15) is 5.82 Å². The number of benzene rings is 1. The molecule has 0 spiro atoms. The molecule has 116 valence electrons. The summed E-state index contributed by atoms with van der Waals surface area (Å²) in [5.41, 5.74) is 13.0. The molecule has 0 aliphatic carbocycles. The second-order valence-electron chi connectivity index (χ2n) is 4.86. The lowest BCUT2D eigenvalue weighted by Gasteiger charge is -2.13. The third-order valence-electron chi connectivity index (χ3n) is 3.11. The molecule has 22 heavy (non-hydrogen) atoms. The Labute approximate surface area is 138 Å². The number of pyridine rings is 1. The third-order valence-corrected chi connectivity index (χ3v) is 3.69. The molecule has 1 atom stereocenters. The van der Waals surface area contributed by atoms with Crippen LogP contribution in [0.1, 0.15) is 11.1 Å². The van der Waals surface area contributed by atoms with Crippen molar-refractivity contribution in [2.24, 2.45) is 5.73 Å². The Morgan fingerprint density at radius 2 is 2.05 bits per heavy atom. The van der Waals surface area contributed by atoms with E-state index in [0.29, 0.717) is 28.8 Å². The highest BCUT2D eigenvalue weighted by Gasteiger charge is 2.15. The fourth-order valence-electron chi connectivity index (χ4n) is 1.88. The number of carbonyl (C=O) groups excluding carboxylic acids is 1. The summed E-state index contributed by atoms with van der Waals surface area (Å²) in [5, 5.41) is 3.80. The highest BCUT2D eigenvalue weighted by molar-refractivity contribution is 6.35. The first-order chi connectivity index (χ1) is 10.5. The fraction of sp³-hybridized carbons (Fsp3) is 0.200. The zero-order valence-corrected chi connectivity index (χ0v) is 13.2. The van der Waals surface area contributed by atoms with Crippen molar-refractivity contribution < 1.29 is 4.79 Å².